The van der Waals surface area contributed by atoms with Gasteiger partial charge in [0, 0.05) is 30.0 Å². The maximum Gasteiger partial charge on any atom is 0.280 e. The van der Waals surface area contributed by atoms with Gasteiger partial charge in [-0.05, 0) is 68.3 Å². The molecule has 7 nitrogen and oxygen atoms in total. The van der Waals surface area contributed by atoms with Crippen molar-refractivity contribution >= 4 is 33.5 Å². The Morgan fingerprint density at radius 1 is 1.00 bits per heavy atom. The van der Waals surface area contributed by atoms with E-state index in [0.717, 1.165) is 19.3 Å². The predicted octanol–water partition coefficient (Wildman–Crippen LogP) is 4.05. The third-order valence-electron chi connectivity index (χ3n) is 5.33. The number of nitrogens with one attached hydrogen (secondary N) is 1. The quantitative estimate of drug-likeness (QED) is 0.585. The molecule has 0 spiro atoms. The molecule has 0 aliphatic carbocycles. The van der Waals surface area contributed by atoms with Crippen LogP contribution in [0.3, 0.4) is 0 Å². The second kappa shape index (κ2) is 8.82. The number of benzene rings is 2. The highest BCUT2D eigenvalue weighted by molar-refractivity contribution is 7.89. The first-order valence-corrected chi connectivity index (χ1v) is 11.9. The van der Waals surface area contributed by atoms with E-state index in [1.807, 2.05) is 0 Å². The summed E-state index contributed by atoms with van der Waals surface area (Å²) in [7, 11) is -3.48. The molecule has 1 fully saturated rings. The summed E-state index contributed by atoms with van der Waals surface area (Å²) in [5, 5.41) is 3.63. The average molecular weight is 459 g/mol. The number of sulfonamides is 1. The zero-order valence-electron chi connectivity index (χ0n) is 17.1. The SMILES string of the molecule is Cc1[nH]n(-c2ccc(Cl)cc2)c(=O)c1C=Nc1ccc(S(=O)(=O)N2CCCCC2)cc1. The first-order valence-electron chi connectivity index (χ1n) is 10.1. The molecule has 2 aromatic carbocycles. The number of hydrogen-bond donors (Lipinski definition) is 1. The van der Waals surface area contributed by atoms with Crippen LogP contribution in [0.15, 0.2) is 63.2 Å². The molecule has 162 valence electrons. The van der Waals surface area contributed by atoms with Gasteiger partial charge in [0.1, 0.15) is 0 Å². The zero-order chi connectivity index (χ0) is 22.0. The van der Waals surface area contributed by atoms with E-state index >= 15 is 0 Å². The van der Waals surface area contributed by atoms with Crippen LogP contribution in [-0.2, 0) is 10.0 Å². The number of nitrogens with zero attached hydrogens (tertiary/aromatic N) is 3. The minimum absolute atomic E-state index is 0.229. The molecule has 2 heterocycles. The Balaban J connectivity index is 1.55. The topological polar surface area (TPSA) is 87.5 Å². The van der Waals surface area contributed by atoms with Gasteiger partial charge in [-0.25, -0.2) is 13.1 Å². The van der Waals surface area contributed by atoms with E-state index in [0.29, 0.717) is 40.7 Å². The van der Waals surface area contributed by atoms with Crippen LogP contribution < -0.4 is 5.56 Å². The van der Waals surface area contributed by atoms with E-state index in [9.17, 15) is 13.2 Å². The normalized spacial score (nSPS) is 15.5. The number of hydrogen-bond acceptors (Lipinski definition) is 4. The van der Waals surface area contributed by atoms with Gasteiger partial charge in [-0.2, -0.15) is 4.31 Å². The molecular formula is C22H23ClN4O3S. The molecule has 1 saturated heterocycles. The minimum atomic E-state index is -3.48. The molecule has 1 aliphatic rings. The third kappa shape index (κ3) is 4.51. The van der Waals surface area contributed by atoms with Crippen molar-refractivity contribution in [3.8, 4) is 5.69 Å². The fourth-order valence-corrected chi connectivity index (χ4v) is 5.22. The van der Waals surface area contributed by atoms with Gasteiger partial charge in [-0.15, -0.1) is 0 Å². The van der Waals surface area contributed by atoms with Crippen LogP contribution in [0.2, 0.25) is 5.02 Å². The smallest absolute Gasteiger partial charge is 0.280 e. The van der Waals surface area contributed by atoms with E-state index in [-0.39, 0.29) is 10.5 Å². The largest absolute Gasteiger partial charge is 0.295 e. The molecule has 0 bridgehead atoms. The second-order valence-electron chi connectivity index (χ2n) is 7.48. The summed E-state index contributed by atoms with van der Waals surface area (Å²) in [6.45, 7) is 2.92. The highest BCUT2D eigenvalue weighted by Crippen LogP contribution is 2.23. The van der Waals surface area contributed by atoms with Gasteiger partial charge in [0.05, 0.1) is 21.8 Å². The summed E-state index contributed by atoms with van der Waals surface area (Å²) in [5.74, 6) is 0. The van der Waals surface area contributed by atoms with Crippen molar-refractivity contribution in [3.05, 3.63) is 75.2 Å². The Morgan fingerprint density at radius 3 is 2.29 bits per heavy atom. The van der Waals surface area contributed by atoms with Crippen LogP contribution in [-0.4, -0.2) is 41.8 Å². The van der Waals surface area contributed by atoms with Crippen LogP contribution in [0.4, 0.5) is 5.69 Å². The van der Waals surface area contributed by atoms with E-state index < -0.39 is 10.0 Å². The molecule has 0 saturated carbocycles. The van der Waals surface area contributed by atoms with Gasteiger partial charge >= 0.3 is 0 Å². The lowest BCUT2D eigenvalue weighted by atomic mass is 10.2. The van der Waals surface area contributed by atoms with Crippen LogP contribution >= 0.6 is 11.6 Å². The highest BCUT2D eigenvalue weighted by Gasteiger charge is 2.25. The third-order valence-corrected chi connectivity index (χ3v) is 7.50. The number of aryl methyl sites for hydroxylation is 1. The summed E-state index contributed by atoms with van der Waals surface area (Å²) < 4.78 is 28.5. The molecule has 1 aromatic heterocycles. The molecule has 0 amide bonds. The van der Waals surface area contributed by atoms with Gasteiger partial charge in [0.25, 0.3) is 5.56 Å². The van der Waals surface area contributed by atoms with Crippen molar-refractivity contribution in [2.24, 2.45) is 4.99 Å². The van der Waals surface area contributed by atoms with Crippen molar-refractivity contribution in [2.45, 2.75) is 31.1 Å². The molecule has 0 atom stereocenters. The fourth-order valence-electron chi connectivity index (χ4n) is 3.58. The molecule has 9 heteroatoms. The minimum Gasteiger partial charge on any atom is -0.295 e. The van der Waals surface area contributed by atoms with Crippen molar-refractivity contribution in [1.82, 2.24) is 14.1 Å². The Labute approximate surface area is 186 Å². The standard InChI is InChI=1S/C22H23ClN4O3S/c1-16-21(22(28)27(25-16)19-9-5-17(23)6-10-19)15-24-18-7-11-20(12-8-18)31(29,30)26-13-3-2-4-14-26/h5-12,15,25H,2-4,13-14H2,1H3. The molecule has 31 heavy (non-hydrogen) atoms. The fraction of sp³-hybridized carbons (Fsp3) is 0.273. The Bertz CT molecular complexity index is 1250. The van der Waals surface area contributed by atoms with E-state index in [1.165, 1.54) is 15.2 Å². The molecule has 4 rings (SSSR count). The first kappa shape index (κ1) is 21.5. The van der Waals surface area contributed by atoms with Crippen molar-refractivity contribution in [2.75, 3.05) is 13.1 Å². The molecular weight excluding hydrogens is 436 g/mol. The van der Waals surface area contributed by atoms with E-state index in [1.54, 1.807) is 55.5 Å². The highest BCUT2D eigenvalue weighted by atomic mass is 35.5. The van der Waals surface area contributed by atoms with Gasteiger partial charge in [0.15, 0.2) is 0 Å². The first-order chi connectivity index (χ1) is 14.9. The van der Waals surface area contributed by atoms with Gasteiger partial charge in [0.2, 0.25) is 10.0 Å². The van der Waals surface area contributed by atoms with E-state index in [4.69, 9.17) is 11.6 Å². The number of aliphatic imine (C=N–C) groups is 1. The molecule has 3 aromatic rings. The lowest BCUT2D eigenvalue weighted by Gasteiger charge is -2.25. The van der Waals surface area contributed by atoms with Crippen LogP contribution in [0.25, 0.3) is 5.69 Å². The predicted molar refractivity (Wildman–Crippen MR) is 122 cm³/mol. The van der Waals surface area contributed by atoms with Crippen LogP contribution in [0.5, 0.6) is 0 Å². The van der Waals surface area contributed by atoms with Crippen LogP contribution in [0.1, 0.15) is 30.5 Å². The maximum atomic E-state index is 12.8. The van der Waals surface area contributed by atoms with Gasteiger partial charge in [-0.3, -0.25) is 14.9 Å². The Morgan fingerprint density at radius 2 is 1.65 bits per heavy atom. The molecule has 1 aliphatic heterocycles. The van der Waals surface area contributed by atoms with Gasteiger partial charge in [-0.1, -0.05) is 18.0 Å². The van der Waals surface area contributed by atoms with Crippen molar-refractivity contribution in [3.63, 3.8) is 0 Å². The van der Waals surface area contributed by atoms with Crippen molar-refractivity contribution in [1.29, 1.82) is 0 Å². The average Bonchev–Trinajstić information content (AvgIpc) is 3.07. The lowest BCUT2D eigenvalue weighted by molar-refractivity contribution is 0.346. The van der Waals surface area contributed by atoms with Gasteiger partial charge < -0.3 is 0 Å². The van der Waals surface area contributed by atoms with E-state index in [2.05, 4.69) is 10.1 Å². The number of aromatic amines is 1. The maximum absolute atomic E-state index is 12.8. The summed E-state index contributed by atoms with van der Waals surface area (Å²) in [5.41, 5.74) is 2.11. The van der Waals surface area contributed by atoms with Crippen LogP contribution in [0, 0.1) is 6.92 Å². The summed E-state index contributed by atoms with van der Waals surface area (Å²) in [6.07, 6.45) is 4.35. The summed E-state index contributed by atoms with van der Waals surface area (Å²) in [6, 6.07) is 13.4. The van der Waals surface area contributed by atoms with Crippen molar-refractivity contribution < 1.29 is 8.42 Å². The molecule has 1 N–H and O–H groups in total. The molecule has 0 radical (unpaired) electrons. The Kier molecular flexibility index (Phi) is 6.13. The number of halogens is 1. The molecule has 0 unspecified atom stereocenters. The second-order valence-corrected chi connectivity index (χ2v) is 9.86. The zero-order valence-corrected chi connectivity index (χ0v) is 18.7. The number of H-pyrrole nitrogens is 1. The summed E-state index contributed by atoms with van der Waals surface area (Å²) in [4.78, 5) is 17.4. The Hall–Kier alpha value is -2.68. The number of piperidine rings is 1. The monoisotopic (exact) mass is 458 g/mol. The number of rotatable bonds is 5. The number of aromatic nitrogens is 2. The summed E-state index contributed by atoms with van der Waals surface area (Å²) >= 11 is 5.92. The lowest BCUT2D eigenvalue weighted by Crippen LogP contribution is -2.35.